The van der Waals surface area contributed by atoms with Crippen molar-refractivity contribution in [1.29, 1.82) is 0 Å². The summed E-state index contributed by atoms with van der Waals surface area (Å²) >= 11 is 12.4. The Morgan fingerprint density at radius 2 is 2.05 bits per heavy atom. The van der Waals surface area contributed by atoms with Crippen molar-refractivity contribution in [1.82, 2.24) is 5.16 Å². The van der Waals surface area contributed by atoms with Gasteiger partial charge in [-0.25, -0.2) is 4.79 Å². The summed E-state index contributed by atoms with van der Waals surface area (Å²) in [6.07, 6.45) is 0.567. The van der Waals surface area contributed by atoms with Crippen LogP contribution in [-0.4, -0.2) is 17.2 Å². The molecule has 0 bridgehead atoms. The molecule has 0 saturated heterocycles. The normalized spacial score (nSPS) is 12.3. The lowest BCUT2D eigenvalue weighted by molar-refractivity contribution is 0.0333. The van der Waals surface area contributed by atoms with Crippen LogP contribution in [0.3, 0.4) is 0 Å². The number of aromatic nitrogens is 1. The van der Waals surface area contributed by atoms with Gasteiger partial charge in [0, 0.05) is 11.6 Å². The molecular weight excluding hydrogens is 325 g/mol. The number of halogens is 2. The van der Waals surface area contributed by atoms with Crippen LogP contribution < -0.4 is 0 Å². The monoisotopic (exact) mass is 341 g/mol. The Morgan fingerprint density at radius 1 is 1.36 bits per heavy atom. The summed E-state index contributed by atoms with van der Waals surface area (Å²) in [5.41, 5.74) is 2.30. The summed E-state index contributed by atoms with van der Waals surface area (Å²) in [7, 11) is 0. The number of esters is 1. The van der Waals surface area contributed by atoms with Crippen LogP contribution in [0.1, 0.15) is 41.9 Å². The molecule has 0 aliphatic rings. The number of rotatable bonds is 4. The minimum absolute atomic E-state index is 0.169. The third-order valence-corrected chi connectivity index (χ3v) is 4.24. The van der Waals surface area contributed by atoms with E-state index in [-0.39, 0.29) is 11.1 Å². The molecule has 2 rings (SSSR count). The number of nitrogens with zero attached hydrogens (tertiary/aromatic N) is 1. The molecule has 0 aliphatic heterocycles. The smallest absolute Gasteiger partial charge is 0.338 e. The molecule has 1 aromatic heterocycles. The largest absolute Gasteiger partial charge is 0.459 e. The minimum Gasteiger partial charge on any atom is -0.459 e. The van der Waals surface area contributed by atoms with Crippen molar-refractivity contribution in [3.63, 3.8) is 0 Å². The molecule has 0 saturated carbocycles. The van der Waals surface area contributed by atoms with Crippen LogP contribution in [0.15, 0.2) is 16.7 Å². The Bertz CT molecular complexity index is 710. The number of hydrogen-bond donors (Lipinski definition) is 0. The minimum atomic E-state index is -0.428. The number of hydrogen-bond acceptors (Lipinski definition) is 4. The molecule has 0 radical (unpaired) electrons. The van der Waals surface area contributed by atoms with Crippen LogP contribution in [0.25, 0.3) is 11.3 Å². The van der Waals surface area contributed by atoms with Gasteiger partial charge in [0.25, 0.3) is 0 Å². The van der Waals surface area contributed by atoms with E-state index in [0.717, 1.165) is 6.42 Å². The summed E-state index contributed by atoms with van der Waals surface area (Å²) < 4.78 is 10.6. The molecule has 4 nitrogen and oxygen atoms in total. The standard InChI is InChI=1S/C16H17Cl2NO3/c1-5-9(3)21-16(20)11-7-12(17)15(18)14(10(11)4)13-6-8(2)19-22-13/h6-7,9H,5H2,1-4H3. The van der Waals surface area contributed by atoms with Crippen LogP contribution in [0.4, 0.5) is 0 Å². The first-order valence-electron chi connectivity index (χ1n) is 6.98. The Balaban J connectivity index is 2.54. The van der Waals surface area contributed by atoms with Gasteiger partial charge in [-0.15, -0.1) is 0 Å². The van der Waals surface area contributed by atoms with E-state index in [4.69, 9.17) is 32.5 Å². The van der Waals surface area contributed by atoms with Gasteiger partial charge in [-0.1, -0.05) is 35.3 Å². The molecule has 1 heterocycles. The molecule has 2 aromatic rings. The molecule has 22 heavy (non-hydrogen) atoms. The molecule has 0 spiro atoms. The van der Waals surface area contributed by atoms with E-state index < -0.39 is 5.97 Å². The lowest BCUT2D eigenvalue weighted by Gasteiger charge is -2.15. The first-order chi connectivity index (χ1) is 10.3. The van der Waals surface area contributed by atoms with Crippen molar-refractivity contribution >= 4 is 29.2 Å². The van der Waals surface area contributed by atoms with Crippen molar-refractivity contribution in [2.45, 2.75) is 40.2 Å². The Hall–Kier alpha value is -1.52. The molecule has 118 valence electrons. The van der Waals surface area contributed by atoms with Crippen LogP contribution in [-0.2, 0) is 4.74 Å². The first kappa shape index (κ1) is 16.8. The second-order valence-electron chi connectivity index (χ2n) is 5.18. The maximum atomic E-state index is 12.3. The number of ether oxygens (including phenoxy) is 1. The molecule has 0 N–H and O–H groups in total. The zero-order chi connectivity index (χ0) is 16.4. The predicted molar refractivity (Wildman–Crippen MR) is 86.6 cm³/mol. The molecular formula is C16H17Cl2NO3. The second-order valence-corrected chi connectivity index (χ2v) is 5.96. The van der Waals surface area contributed by atoms with E-state index in [2.05, 4.69) is 5.16 Å². The quantitative estimate of drug-likeness (QED) is 0.715. The van der Waals surface area contributed by atoms with E-state index in [1.165, 1.54) is 6.07 Å². The molecule has 6 heteroatoms. The van der Waals surface area contributed by atoms with Gasteiger partial charge in [0.15, 0.2) is 5.76 Å². The van der Waals surface area contributed by atoms with E-state index in [9.17, 15) is 4.79 Å². The highest BCUT2D eigenvalue weighted by Gasteiger charge is 2.23. The van der Waals surface area contributed by atoms with Gasteiger partial charge >= 0.3 is 5.97 Å². The Kier molecular flexibility index (Phi) is 5.14. The molecule has 0 aliphatic carbocycles. The summed E-state index contributed by atoms with van der Waals surface area (Å²) in [4.78, 5) is 12.3. The fourth-order valence-corrected chi connectivity index (χ4v) is 2.53. The predicted octanol–water partition coefficient (Wildman–Crippen LogP) is 5.22. The van der Waals surface area contributed by atoms with Crippen molar-refractivity contribution in [2.24, 2.45) is 0 Å². The third kappa shape index (κ3) is 3.28. The maximum absolute atomic E-state index is 12.3. The lowest BCUT2D eigenvalue weighted by Crippen LogP contribution is -2.15. The topological polar surface area (TPSA) is 52.3 Å². The fraction of sp³-hybridized carbons (Fsp3) is 0.375. The van der Waals surface area contributed by atoms with E-state index in [0.29, 0.717) is 33.2 Å². The molecule has 0 amide bonds. The molecule has 0 fully saturated rings. The van der Waals surface area contributed by atoms with Crippen molar-refractivity contribution in [3.05, 3.63) is 39.0 Å². The van der Waals surface area contributed by atoms with Gasteiger partial charge < -0.3 is 9.26 Å². The summed E-state index contributed by atoms with van der Waals surface area (Å²) in [5.74, 6) is 0.0444. The highest BCUT2D eigenvalue weighted by molar-refractivity contribution is 6.44. The average Bonchev–Trinajstić information content (AvgIpc) is 2.89. The van der Waals surface area contributed by atoms with Gasteiger partial charge in [-0.05, 0) is 38.8 Å². The number of aryl methyl sites for hydroxylation is 1. The van der Waals surface area contributed by atoms with Crippen LogP contribution in [0.5, 0.6) is 0 Å². The summed E-state index contributed by atoms with van der Waals surface area (Å²) in [6.45, 7) is 7.37. The van der Waals surface area contributed by atoms with Crippen molar-refractivity contribution in [3.8, 4) is 11.3 Å². The van der Waals surface area contributed by atoms with Gasteiger partial charge in [-0.3, -0.25) is 0 Å². The molecule has 1 atom stereocenters. The lowest BCUT2D eigenvalue weighted by atomic mass is 10.00. The number of carbonyl (C=O) groups excluding carboxylic acids is 1. The zero-order valence-corrected chi connectivity index (χ0v) is 14.4. The van der Waals surface area contributed by atoms with Crippen LogP contribution in [0.2, 0.25) is 10.0 Å². The SMILES string of the molecule is CCC(C)OC(=O)c1cc(Cl)c(Cl)c(-c2cc(C)no2)c1C. The third-order valence-electron chi connectivity index (χ3n) is 3.46. The van der Waals surface area contributed by atoms with E-state index >= 15 is 0 Å². The Labute approximate surface area is 139 Å². The molecule has 1 unspecified atom stereocenters. The number of benzene rings is 1. The highest BCUT2D eigenvalue weighted by Crippen LogP contribution is 2.38. The highest BCUT2D eigenvalue weighted by atomic mass is 35.5. The Morgan fingerprint density at radius 3 is 2.59 bits per heavy atom. The van der Waals surface area contributed by atoms with Gasteiger partial charge in [-0.2, -0.15) is 0 Å². The van der Waals surface area contributed by atoms with Crippen LogP contribution in [0, 0.1) is 13.8 Å². The zero-order valence-electron chi connectivity index (χ0n) is 12.9. The van der Waals surface area contributed by atoms with Crippen molar-refractivity contribution in [2.75, 3.05) is 0 Å². The second kappa shape index (κ2) is 6.71. The van der Waals surface area contributed by atoms with Crippen LogP contribution >= 0.6 is 23.2 Å². The maximum Gasteiger partial charge on any atom is 0.338 e. The average molecular weight is 342 g/mol. The van der Waals surface area contributed by atoms with Crippen molar-refractivity contribution < 1.29 is 14.1 Å². The van der Waals surface area contributed by atoms with Gasteiger partial charge in [0.2, 0.25) is 0 Å². The first-order valence-corrected chi connectivity index (χ1v) is 7.74. The molecule has 1 aromatic carbocycles. The summed E-state index contributed by atoms with van der Waals surface area (Å²) in [6, 6.07) is 3.27. The van der Waals surface area contributed by atoms with E-state index in [1.807, 2.05) is 13.8 Å². The summed E-state index contributed by atoms with van der Waals surface area (Å²) in [5, 5.41) is 4.45. The van der Waals surface area contributed by atoms with E-state index in [1.54, 1.807) is 19.9 Å². The van der Waals surface area contributed by atoms with Gasteiger partial charge in [0.05, 0.1) is 27.4 Å². The fourth-order valence-electron chi connectivity index (χ4n) is 2.03. The van der Waals surface area contributed by atoms with Gasteiger partial charge in [0.1, 0.15) is 0 Å². The number of carbonyl (C=O) groups is 1.